The minimum atomic E-state index is -0.344. The number of para-hydroxylation sites is 2. The van der Waals surface area contributed by atoms with Crippen LogP contribution in [0.5, 0.6) is 0 Å². The highest BCUT2D eigenvalue weighted by molar-refractivity contribution is 5.62. The van der Waals surface area contributed by atoms with Gasteiger partial charge in [0, 0.05) is 19.3 Å². The van der Waals surface area contributed by atoms with E-state index >= 15 is 0 Å². The van der Waals surface area contributed by atoms with Gasteiger partial charge in [0.1, 0.15) is 5.69 Å². The molecule has 1 N–H and O–H groups in total. The molecule has 1 aliphatic heterocycles. The van der Waals surface area contributed by atoms with E-state index in [1.54, 1.807) is 12.1 Å². The second-order valence-corrected chi connectivity index (χ2v) is 5.85. The Balaban J connectivity index is 1.85. The van der Waals surface area contributed by atoms with Gasteiger partial charge in [0.05, 0.1) is 11.0 Å². The van der Waals surface area contributed by atoms with Crippen LogP contribution in [-0.2, 0) is 4.74 Å². The molecule has 2 aromatic carbocycles. The van der Waals surface area contributed by atoms with Crippen molar-refractivity contribution >= 4 is 11.4 Å². The maximum absolute atomic E-state index is 11.2. The summed E-state index contributed by atoms with van der Waals surface area (Å²) in [5.74, 6) is 0.482. The Morgan fingerprint density at radius 2 is 1.91 bits per heavy atom. The van der Waals surface area contributed by atoms with Crippen LogP contribution in [0.25, 0.3) is 0 Å². The van der Waals surface area contributed by atoms with E-state index in [9.17, 15) is 10.1 Å². The first kappa shape index (κ1) is 15.5. The van der Waals surface area contributed by atoms with Crippen LogP contribution in [0.2, 0.25) is 0 Å². The largest absolute Gasteiger partial charge is 0.381 e. The minimum Gasteiger partial charge on any atom is -0.381 e. The molecular weight excluding hydrogens is 292 g/mol. The summed E-state index contributed by atoms with van der Waals surface area (Å²) in [5.41, 5.74) is 1.80. The summed E-state index contributed by atoms with van der Waals surface area (Å²) in [6.45, 7) is 1.57. The lowest BCUT2D eigenvalue weighted by atomic mass is 9.94. The van der Waals surface area contributed by atoms with Gasteiger partial charge in [-0.15, -0.1) is 0 Å². The maximum atomic E-state index is 11.2. The topological polar surface area (TPSA) is 64.4 Å². The van der Waals surface area contributed by atoms with Gasteiger partial charge in [-0.05, 0) is 30.4 Å². The van der Waals surface area contributed by atoms with Gasteiger partial charge in [-0.1, -0.05) is 42.5 Å². The van der Waals surface area contributed by atoms with Crippen molar-refractivity contribution < 1.29 is 9.66 Å². The van der Waals surface area contributed by atoms with Crippen LogP contribution < -0.4 is 5.32 Å². The van der Waals surface area contributed by atoms with Crippen molar-refractivity contribution in [1.29, 1.82) is 0 Å². The van der Waals surface area contributed by atoms with Crippen molar-refractivity contribution in [3.63, 3.8) is 0 Å². The highest BCUT2D eigenvalue weighted by Gasteiger charge is 2.24. The lowest BCUT2D eigenvalue weighted by Gasteiger charge is -2.23. The maximum Gasteiger partial charge on any atom is 0.292 e. The molecule has 1 aliphatic rings. The third kappa shape index (κ3) is 3.87. The van der Waals surface area contributed by atoms with Crippen LogP contribution in [-0.4, -0.2) is 18.1 Å². The van der Waals surface area contributed by atoms with Gasteiger partial charge in [-0.3, -0.25) is 10.1 Å². The van der Waals surface area contributed by atoms with Gasteiger partial charge in [0.25, 0.3) is 5.69 Å². The Kier molecular flexibility index (Phi) is 4.88. The third-order valence-electron chi connectivity index (χ3n) is 4.23. The first-order valence-electron chi connectivity index (χ1n) is 7.86. The Labute approximate surface area is 135 Å². The van der Waals surface area contributed by atoms with Crippen molar-refractivity contribution in [2.45, 2.75) is 18.9 Å². The van der Waals surface area contributed by atoms with Crippen molar-refractivity contribution in [2.24, 2.45) is 5.92 Å². The number of anilines is 1. The molecule has 0 amide bonds. The average Bonchev–Trinajstić information content (AvgIpc) is 3.08. The molecule has 0 bridgehead atoms. The Hall–Kier alpha value is -2.40. The lowest BCUT2D eigenvalue weighted by Crippen LogP contribution is -2.16. The van der Waals surface area contributed by atoms with Gasteiger partial charge < -0.3 is 10.1 Å². The molecule has 5 heteroatoms. The van der Waals surface area contributed by atoms with E-state index in [2.05, 4.69) is 17.4 Å². The van der Waals surface area contributed by atoms with Crippen molar-refractivity contribution in [3.8, 4) is 0 Å². The fourth-order valence-electron chi connectivity index (χ4n) is 3.01. The fourth-order valence-corrected chi connectivity index (χ4v) is 3.01. The normalized spacial score (nSPS) is 18.5. The summed E-state index contributed by atoms with van der Waals surface area (Å²) in [4.78, 5) is 10.9. The van der Waals surface area contributed by atoms with Gasteiger partial charge >= 0.3 is 0 Å². The van der Waals surface area contributed by atoms with Crippen LogP contribution in [0.3, 0.4) is 0 Å². The zero-order valence-electron chi connectivity index (χ0n) is 12.9. The Morgan fingerprint density at radius 3 is 2.61 bits per heavy atom. The summed E-state index contributed by atoms with van der Waals surface area (Å²) in [6, 6.07) is 16.9. The highest BCUT2D eigenvalue weighted by atomic mass is 16.6. The smallest absolute Gasteiger partial charge is 0.292 e. The van der Waals surface area contributed by atoms with Crippen molar-refractivity contribution in [3.05, 3.63) is 70.3 Å². The molecule has 1 fully saturated rings. The van der Waals surface area contributed by atoms with Crippen LogP contribution in [0.4, 0.5) is 11.4 Å². The summed E-state index contributed by atoms with van der Waals surface area (Å²) in [5, 5.41) is 14.6. The Bertz CT molecular complexity index is 654. The zero-order chi connectivity index (χ0) is 16.1. The molecule has 0 radical (unpaired) electrons. The molecule has 0 aromatic heterocycles. The molecular formula is C18H20N2O3. The number of nitro benzene ring substituents is 1. The number of rotatable bonds is 6. The van der Waals surface area contributed by atoms with E-state index in [1.807, 2.05) is 24.3 Å². The number of nitro groups is 1. The molecule has 2 unspecified atom stereocenters. The summed E-state index contributed by atoms with van der Waals surface area (Å²) in [7, 11) is 0. The van der Waals surface area contributed by atoms with Gasteiger partial charge in [0.15, 0.2) is 0 Å². The minimum absolute atomic E-state index is 0.0315. The summed E-state index contributed by atoms with van der Waals surface area (Å²) >= 11 is 0. The van der Waals surface area contributed by atoms with E-state index in [0.717, 1.165) is 31.6 Å². The molecule has 2 atom stereocenters. The molecule has 5 nitrogen and oxygen atoms in total. The summed E-state index contributed by atoms with van der Waals surface area (Å²) < 4.78 is 5.47. The SMILES string of the molecule is O=[N+]([O-])c1ccccc1NC(CC1CCOC1)c1ccccc1. The molecule has 3 rings (SSSR count). The molecule has 0 saturated carbocycles. The highest BCUT2D eigenvalue weighted by Crippen LogP contribution is 2.33. The number of ether oxygens (including phenoxy) is 1. The number of hydrogen-bond acceptors (Lipinski definition) is 4. The molecule has 23 heavy (non-hydrogen) atoms. The predicted molar refractivity (Wildman–Crippen MR) is 89.4 cm³/mol. The third-order valence-corrected chi connectivity index (χ3v) is 4.23. The van der Waals surface area contributed by atoms with E-state index in [4.69, 9.17) is 4.74 Å². The monoisotopic (exact) mass is 312 g/mol. The van der Waals surface area contributed by atoms with E-state index in [0.29, 0.717) is 11.6 Å². The first-order chi connectivity index (χ1) is 11.2. The van der Waals surface area contributed by atoms with Crippen LogP contribution >= 0.6 is 0 Å². The lowest BCUT2D eigenvalue weighted by molar-refractivity contribution is -0.384. The Morgan fingerprint density at radius 1 is 1.17 bits per heavy atom. The molecule has 0 aliphatic carbocycles. The fraction of sp³-hybridized carbons (Fsp3) is 0.333. The van der Waals surface area contributed by atoms with Crippen molar-refractivity contribution in [1.82, 2.24) is 0 Å². The molecule has 2 aromatic rings. The van der Waals surface area contributed by atoms with Crippen molar-refractivity contribution in [2.75, 3.05) is 18.5 Å². The predicted octanol–water partition coefficient (Wildman–Crippen LogP) is 4.17. The van der Waals surface area contributed by atoms with Crippen LogP contribution in [0.1, 0.15) is 24.4 Å². The van der Waals surface area contributed by atoms with E-state index in [-0.39, 0.29) is 16.7 Å². The van der Waals surface area contributed by atoms with Gasteiger partial charge in [-0.2, -0.15) is 0 Å². The number of benzene rings is 2. The van der Waals surface area contributed by atoms with Crippen LogP contribution in [0, 0.1) is 16.0 Å². The molecule has 120 valence electrons. The molecule has 0 spiro atoms. The van der Waals surface area contributed by atoms with Crippen LogP contribution in [0.15, 0.2) is 54.6 Å². The second-order valence-electron chi connectivity index (χ2n) is 5.85. The zero-order valence-corrected chi connectivity index (χ0v) is 12.9. The summed E-state index contributed by atoms with van der Waals surface area (Å²) in [6.07, 6.45) is 1.94. The van der Waals surface area contributed by atoms with Gasteiger partial charge in [-0.25, -0.2) is 0 Å². The van der Waals surface area contributed by atoms with E-state index < -0.39 is 0 Å². The molecule has 1 saturated heterocycles. The average molecular weight is 312 g/mol. The standard InChI is InChI=1S/C18H20N2O3/c21-20(22)18-9-5-4-8-16(18)19-17(12-14-10-11-23-13-14)15-6-2-1-3-7-15/h1-9,14,17,19H,10-13H2. The van der Waals surface area contributed by atoms with E-state index in [1.165, 1.54) is 6.07 Å². The number of nitrogens with zero attached hydrogens (tertiary/aromatic N) is 1. The number of nitrogens with one attached hydrogen (secondary N) is 1. The second kappa shape index (κ2) is 7.24. The quantitative estimate of drug-likeness (QED) is 0.642. The van der Waals surface area contributed by atoms with Gasteiger partial charge in [0.2, 0.25) is 0 Å². The first-order valence-corrected chi connectivity index (χ1v) is 7.86. The molecule has 1 heterocycles. The number of hydrogen-bond donors (Lipinski definition) is 1.